The Hall–Kier alpha value is -3.02. The second-order valence-electron chi connectivity index (χ2n) is 4.22. The summed E-state index contributed by atoms with van der Waals surface area (Å²) in [5.74, 6) is -2.18. The molecule has 0 heterocycles. The number of hydrogen-bond donors (Lipinski definition) is 4. The third-order valence-corrected chi connectivity index (χ3v) is 2.79. The van der Waals surface area contributed by atoms with Crippen molar-refractivity contribution in [3.05, 3.63) is 53.1 Å². The van der Waals surface area contributed by atoms with Crippen molar-refractivity contribution in [1.29, 1.82) is 0 Å². The Morgan fingerprint density at radius 1 is 0.850 bits per heavy atom. The molecule has 0 saturated heterocycles. The Kier molecular flexibility index (Phi) is 3.30. The number of carbonyl (C=O) groups is 2. The highest BCUT2D eigenvalue weighted by Crippen LogP contribution is 2.25. The van der Waals surface area contributed by atoms with Crippen LogP contribution in [0.2, 0.25) is 0 Å². The SMILES string of the molecule is Nc1ccc(C(=O)c2ccc(N)cc2C(=O)O)c(O)c1. The molecule has 2 aromatic carbocycles. The van der Waals surface area contributed by atoms with Gasteiger partial charge in [0.05, 0.1) is 11.1 Å². The van der Waals surface area contributed by atoms with Gasteiger partial charge in [0.1, 0.15) is 5.75 Å². The van der Waals surface area contributed by atoms with Crippen molar-refractivity contribution < 1.29 is 19.8 Å². The molecule has 102 valence electrons. The number of benzene rings is 2. The zero-order valence-electron chi connectivity index (χ0n) is 10.3. The molecule has 0 radical (unpaired) electrons. The van der Waals surface area contributed by atoms with Gasteiger partial charge in [-0.25, -0.2) is 4.79 Å². The quantitative estimate of drug-likeness (QED) is 0.495. The highest BCUT2D eigenvalue weighted by atomic mass is 16.4. The van der Waals surface area contributed by atoms with E-state index in [1.54, 1.807) is 0 Å². The smallest absolute Gasteiger partial charge is 0.336 e. The third-order valence-electron chi connectivity index (χ3n) is 2.79. The van der Waals surface area contributed by atoms with E-state index in [4.69, 9.17) is 16.6 Å². The van der Waals surface area contributed by atoms with Crippen molar-refractivity contribution in [1.82, 2.24) is 0 Å². The van der Waals surface area contributed by atoms with Crippen LogP contribution in [0.25, 0.3) is 0 Å². The first-order valence-corrected chi connectivity index (χ1v) is 5.66. The zero-order valence-corrected chi connectivity index (χ0v) is 10.3. The predicted octanol–water partition coefficient (Wildman–Crippen LogP) is 1.49. The Bertz CT molecular complexity index is 710. The number of carbonyl (C=O) groups excluding carboxylic acids is 1. The molecule has 2 aromatic rings. The molecule has 2 rings (SSSR count). The zero-order chi connectivity index (χ0) is 14.9. The molecule has 0 spiro atoms. The molecular weight excluding hydrogens is 260 g/mol. The van der Waals surface area contributed by atoms with Crippen molar-refractivity contribution in [2.24, 2.45) is 0 Å². The molecular formula is C14H12N2O4. The van der Waals surface area contributed by atoms with Crippen LogP contribution in [-0.2, 0) is 0 Å². The Morgan fingerprint density at radius 3 is 1.95 bits per heavy atom. The molecule has 0 aliphatic carbocycles. The number of aromatic carboxylic acids is 1. The molecule has 20 heavy (non-hydrogen) atoms. The van der Waals surface area contributed by atoms with Crippen molar-refractivity contribution in [3.63, 3.8) is 0 Å². The average Bonchev–Trinajstić information content (AvgIpc) is 2.37. The number of phenols is 1. The van der Waals surface area contributed by atoms with E-state index in [1.807, 2.05) is 0 Å². The van der Waals surface area contributed by atoms with E-state index in [0.717, 1.165) is 0 Å². The summed E-state index contributed by atoms with van der Waals surface area (Å²) in [6.07, 6.45) is 0. The number of nitrogen functional groups attached to an aromatic ring is 2. The summed E-state index contributed by atoms with van der Waals surface area (Å²) >= 11 is 0. The van der Waals surface area contributed by atoms with Gasteiger partial charge in [0, 0.05) is 23.0 Å². The number of phenolic OH excluding ortho intramolecular Hbond substituents is 1. The molecule has 0 aliphatic heterocycles. The van der Waals surface area contributed by atoms with Gasteiger partial charge in [-0.05, 0) is 30.3 Å². The molecule has 6 N–H and O–H groups in total. The molecule has 0 atom stereocenters. The molecule has 0 aromatic heterocycles. The van der Waals surface area contributed by atoms with Gasteiger partial charge in [0.15, 0.2) is 5.78 Å². The number of ketones is 1. The molecule has 0 unspecified atom stereocenters. The molecule has 0 aliphatic rings. The first kappa shape index (κ1) is 13.4. The Morgan fingerprint density at radius 2 is 1.40 bits per heavy atom. The monoisotopic (exact) mass is 272 g/mol. The van der Waals surface area contributed by atoms with E-state index in [0.29, 0.717) is 5.69 Å². The summed E-state index contributed by atoms with van der Waals surface area (Å²) < 4.78 is 0. The van der Waals surface area contributed by atoms with Gasteiger partial charge in [-0.15, -0.1) is 0 Å². The number of anilines is 2. The highest BCUT2D eigenvalue weighted by molar-refractivity contribution is 6.15. The van der Waals surface area contributed by atoms with Crippen molar-refractivity contribution >= 4 is 23.1 Å². The number of nitrogens with two attached hydrogens (primary N) is 2. The summed E-state index contributed by atoms with van der Waals surface area (Å²) in [7, 11) is 0. The molecule has 6 heteroatoms. The predicted molar refractivity (Wildman–Crippen MR) is 73.8 cm³/mol. The summed E-state index contributed by atoms with van der Waals surface area (Å²) in [6.45, 7) is 0. The van der Waals surface area contributed by atoms with Crippen LogP contribution >= 0.6 is 0 Å². The number of rotatable bonds is 3. The standard InChI is InChI=1S/C14H12N2O4/c15-7-1-3-9(11(5-7)14(19)20)13(18)10-4-2-8(16)6-12(10)17/h1-6,17H,15-16H2,(H,19,20). The summed E-state index contributed by atoms with van der Waals surface area (Å²) in [5.41, 5.74) is 11.2. The van der Waals surface area contributed by atoms with Crippen LogP contribution in [0.3, 0.4) is 0 Å². The van der Waals surface area contributed by atoms with E-state index in [2.05, 4.69) is 0 Å². The minimum atomic E-state index is -1.27. The summed E-state index contributed by atoms with van der Waals surface area (Å²) in [4.78, 5) is 23.5. The van der Waals surface area contributed by atoms with E-state index in [1.165, 1.54) is 36.4 Å². The summed E-state index contributed by atoms with van der Waals surface area (Å²) in [6, 6.07) is 7.96. The Balaban J connectivity index is 2.56. The van der Waals surface area contributed by atoms with Gasteiger partial charge in [-0.2, -0.15) is 0 Å². The second-order valence-corrected chi connectivity index (χ2v) is 4.22. The lowest BCUT2D eigenvalue weighted by molar-refractivity contribution is 0.0692. The first-order chi connectivity index (χ1) is 9.40. The van der Waals surface area contributed by atoms with Crippen LogP contribution in [0.15, 0.2) is 36.4 Å². The van der Waals surface area contributed by atoms with Crippen molar-refractivity contribution in [2.45, 2.75) is 0 Å². The lowest BCUT2D eigenvalue weighted by Gasteiger charge is -2.08. The summed E-state index contributed by atoms with van der Waals surface area (Å²) in [5, 5.41) is 18.8. The van der Waals surface area contributed by atoms with Crippen LogP contribution in [0.4, 0.5) is 11.4 Å². The van der Waals surface area contributed by atoms with E-state index >= 15 is 0 Å². The maximum absolute atomic E-state index is 12.3. The minimum absolute atomic E-state index is 0.0218. The first-order valence-electron chi connectivity index (χ1n) is 5.66. The third kappa shape index (κ3) is 2.39. The molecule has 6 nitrogen and oxygen atoms in total. The number of aromatic hydroxyl groups is 1. The Labute approximate surface area is 114 Å². The van der Waals surface area contributed by atoms with Crippen molar-refractivity contribution in [3.8, 4) is 5.75 Å². The maximum atomic E-state index is 12.3. The van der Waals surface area contributed by atoms with E-state index in [9.17, 15) is 14.7 Å². The molecule has 0 fully saturated rings. The number of carboxylic acid groups (broad SMARTS) is 1. The van der Waals surface area contributed by atoms with E-state index in [-0.39, 0.29) is 28.1 Å². The fourth-order valence-corrected chi connectivity index (χ4v) is 1.82. The van der Waals surface area contributed by atoms with Gasteiger partial charge in [-0.1, -0.05) is 0 Å². The van der Waals surface area contributed by atoms with Crippen LogP contribution in [0.5, 0.6) is 5.75 Å². The average molecular weight is 272 g/mol. The minimum Gasteiger partial charge on any atom is -0.507 e. The normalized spacial score (nSPS) is 10.2. The fourth-order valence-electron chi connectivity index (χ4n) is 1.82. The van der Waals surface area contributed by atoms with Crippen LogP contribution in [-0.4, -0.2) is 22.0 Å². The van der Waals surface area contributed by atoms with Crippen molar-refractivity contribution in [2.75, 3.05) is 11.5 Å². The van der Waals surface area contributed by atoms with Gasteiger partial charge < -0.3 is 21.7 Å². The molecule has 0 bridgehead atoms. The number of hydrogen-bond acceptors (Lipinski definition) is 5. The highest BCUT2D eigenvalue weighted by Gasteiger charge is 2.20. The van der Waals surface area contributed by atoms with Gasteiger partial charge >= 0.3 is 5.97 Å². The topological polar surface area (TPSA) is 127 Å². The largest absolute Gasteiger partial charge is 0.507 e. The lowest BCUT2D eigenvalue weighted by Crippen LogP contribution is -2.10. The van der Waals surface area contributed by atoms with Crippen LogP contribution in [0.1, 0.15) is 26.3 Å². The maximum Gasteiger partial charge on any atom is 0.336 e. The van der Waals surface area contributed by atoms with Crippen LogP contribution in [0, 0.1) is 0 Å². The fraction of sp³-hybridized carbons (Fsp3) is 0. The number of carboxylic acids is 1. The van der Waals surface area contributed by atoms with Gasteiger partial charge in [-0.3, -0.25) is 4.79 Å². The second kappa shape index (κ2) is 4.93. The molecule has 0 saturated carbocycles. The van der Waals surface area contributed by atoms with E-state index < -0.39 is 11.8 Å². The lowest BCUT2D eigenvalue weighted by atomic mass is 9.97. The van der Waals surface area contributed by atoms with Gasteiger partial charge in [0.25, 0.3) is 0 Å². The molecule has 0 amide bonds. The van der Waals surface area contributed by atoms with Crippen LogP contribution < -0.4 is 11.5 Å². The van der Waals surface area contributed by atoms with Gasteiger partial charge in [0.2, 0.25) is 0 Å².